The first-order valence-corrected chi connectivity index (χ1v) is 8.46. The molecule has 1 unspecified atom stereocenters. The lowest BCUT2D eigenvalue weighted by atomic mass is 9.92. The second-order valence-corrected chi connectivity index (χ2v) is 7.15. The largest absolute Gasteiger partial charge is 0.497 e. The molecule has 1 aromatic carbocycles. The van der Waals surface area contributed by atoms with Crippen LogP contribution in [0.5, 0.6) is 11.5 Å². The predicted octanol–water partition coefficient (Wildman–Crippen LogP) is 2.67. The van der Waals surface area contributed by atoms with Crippen LogP contribution in [-0.2, 0) is 10.2 Å². The number of aromatic amines is 1. The summed E-state index contributed by atoms with van der Waals surface area (Å²) >= 11 is 0. The third-order valence-electron chi connectivity index (χ3n) is 4.12. The number of benzene rings is 1. The van der Waals surface area contributed by atoms with Crippen LogP contribution in [0.3, 0.4) is 0 Å². The van der Waals surface area contributed by atoms with Crippen molar-refractivity contribution in [2.24, 2.45) is 0 Å². The summed E-state index contributed by atoms with van der Waals surface area (Å²) in [5.41, 5.74) is 1.36. The highest BCUT2D eigenvalue weighted by molar-refractivity contribution is 5.93. The Morgan fingerprint density at radius 1 is 1.22 bits per heavy atom. The molecule has 0 bridgehead atoms. The molecule has 0 aliphatic rings. The summed E-state index contributed by atoms with van der Waals surface area (Å²) in [6.07, 6.45) is -0.301. The molecule has 0 saturated heterocycles. The second kappa shape index (κ2) is 8.11. The number of carbonyl (C=O) groups excluding carboxylic acids is 1. The van der Waals surface area contributed by atoms with Crippen LogP contribution in [0.1, 0.15) is 55.0 Å². The van der Waals surface area contributed by atoms with Gasteiger partial charge in [0.1, 0.15) is 17.2 Å². The zero-order chi connectivity index (χ0) is 20.2. The molecule has 0 aliphatic carbocycles. The van der Waals surface area contributed by atoms with Crippen LogP contribution in [0.2, 0.25) is 0 Å². The van der Waals surface area contributed by atoms with Crippen LogP contribution in [-0.4, -0.2) is 41.4 Å². The van der Waals surface area contributed by atoms with Gasteiger partial charge in [-0.1, -0.05) is 20.8 Å². The van der Waals surface area contributed by atoms with Crippen LogP contribution in [0, 0.1) is 0 Å². The standard InChI is InChI=1S/C19H25N3O5/c1-19(2,3)16-9-14(21-22-16)18(25)20-13(10-17(23)24)12-7-6-11(26-4)8-15(12)27-5/h6-9,13H,10H2,1-5H3,(H,20,25)(H,21,22)(H,23,24). The smallest absolute Gasteiger partial charge is 0.305 e. The molecule has 8 heteroatoms. The van der Waals surface area contributed by atoms with Gasteiger partial charge >= 0.3 is 5.97 Å². The number of nitrogens with zero attached hydrogens (tertiary/aromatic N) is 1. The Balaban J connectivity index is 2.31. The first-order valence-electron chi connectivity index (χ1n) is 8.46. The van der Waals surface area contributed by atoms with Crippen molar-refractivity contribution in [1.29, 1.82) is 0 Å². The van der Waals surface area contributed by atoms with Crippen LogP contribution in [0.25, 0.3) is 0 Å². The molecule has 0 spiro atoms. The van der Waals surface area contributed by atoms with E-state index in [0.717, 1.165) is 5.69 Å². The number of carboxylic acid groups (broad SMARTS) is 1. The Morgan fingerprint density at radius 3 is 2.44 bits per heavy atom. The van der Waals surface area contributed by atoms with E-state index < -0.39 is 17.9 Å². The summed E-state index contributed by atoms with van der Waals surface area (Å²) in [4.78, 5) is 23.9. The van der Waals surface area contributed by atoms with Crippen molar-refractivity contribution in [3.8, 4) is 11.5 Å². The van der Waals surface area contributed by atoms with E-state index in [4.69, 9.17) is 9.47 Å². The zero-order valence-electron chi connectivity index (χ0n) is 16.1. The van der Waals surface area contributed by atoms with E-state index >= 15 is 0 Å². The Bertz CT molecular complexity index is 823. The van der Waals surface area contributed by atoms with Gasteiger partial charge in [0, 0.05) is 22.7 Å². The summed E-state index contributed by atoms with van der Waals surface area (Å²) in [6, 6.07) is 5.88. The van der Waals surface area contributed by atoms with E-state index in [1.165, 1.54) is 14.2 Å². The fraction of sp³-hybridized carbons (Fsp3) is 0.421. The summed E-state index contributed by atoms with van der Waals surface area (Å²) in [5, 5.41) is 18.9. The number of ether oxygens (including phenoxy) is 2. The number of amides is 1. The summed E-state index contributed by atoms with van der Waals surface area (Å²) < 4.78 is 10.5. The van der Waals surface area contributed by atoms with Gasteiger partial charge in [0.15, 0.2) is 0 Å². The van der Waals surface area contributed by atoms with Gasteiger partial charge in [-0.05, 0) is 18.2 Å². The number of nitrogens with one attached hydrogen (secondary N) is 2. The molecule has 8 nitrogen and oxygen atoms in total. The van der Waals surface area contributed by atoms with Gasteiger partial charge in [0.2, 0.25) is 0 Å². The molecule has 0 aliphatic heterocycles. The van der Waals surface area contributed by atoms with Crippen molar-refractivity contribution in [1.82, 2.24) is 15.5 Å². The second-order valence-electron chi connectivity index (χ2n) is 7.15. The van der Waals surface area contributed by atoms with Crippen molar-refractivity contribution in [3.63, 3.8) is 0 Å². The highest BCUT2D eigenvalue weighted by Gasteiger charge is 2.25. The third-order valence-corrected chi connectivity index (χ3v) is 4.12. The SMILES string of the molecule is COc1ccc(C(CC(=O)O)NC(=O)c2cc(C(C)(C)C)[nH]n2)c(OC)c1. The number of aromatic nitrogens is 2. The highest BCUT2D eigenvalue weighted by atomic mass is 16.5. The van der Waals surface area contributed by atoms with Gasteiger partial charge in [0.25, 0.3) is 5.91 Å². The predicted molar refractivity (Wildman–Crippen MR) is 99.3 cm³/mol. The summed E-state index contributed by atoms with van der Waals surface area (Å²) in [6.45, 7) is 5.99. The lowest BCUT2D eigenvalue weighted by molar-refractivity contribution is -0.137. The van der Waals surface area contributed by atoms with Crippen molar-refractivity contribution < 1.29 is 24.2 Å². The molecular formula is C19H25N3O5. The summed E-state index contributed by atoms with van der Waals surface area (Å²) in [7, 11) is 3.00. The van der Waals surface area contributed by atoms with Gasteiger partial charge in [-0.2, -0.15) is 5.10 Å². The Morgan fingerprint density at radius 2 is 1.93 bits per heavy atom. The highest BCUT2D eigenvalue weighted by Crippen LogP contribution is 2.31. The molecule has 1 atom stereocenters. The lowest BCUT2D eigenvalue weighted by Gasteiger charge is -2.20. The lowest BCUT2D eigenvalue weighted by Crippen LogP contribution is -2.30. The first kappa shape index (κ1) is 20.3. The van der Waals surface area contributed by atoms with Crippen LogP contribution in [0.4, 0.5) is 0 Å². The van der Waals surface area contributed by atoms with Crippen molar-refractivity contribution in [2.45, 2.75) is 38.6 Å². The van der Waals surface area contributed by atoms with E-state index in [0.29, 0.717) is 17.1 Å². The average Bonchev–Trinajstić information content (AvgIpc) is 3.10. The molecule has 1 aromatic heterocycles. The number of carbonyl (C=O) groups is 2. The number of carboxylic acids is 1. The normalized spacial score (nSPS) is 12.3. The quantitative estimate of drug-likeness (QED) is 0.686. The Labute approximate surface area is 157 Å². The van der Waals surface area contributed by atoms with E-state index in [1.807, 2.05) is 20.8 Å². The maximum atomic E-state index is 12.6. The number of H-pyrrole nitrogens is 1. The molecule has 1 heterocycles. The van der Waals surface area contributed by atoms with Crippen molar-refractivity contribution in [3.05, 3.63) is 41.2 Å². The minimum absolute atomic E-state index is 0.189. The molecule has 0 fully saturated rings. The maximum Gasteiger partial charge on any atom is 0.305 e. The Hall–Kier alpha value is -3.03. The number of methoxy groups -OCH3 is 2. The topological polar surface area (TPSA) is 114 Å². The molecule has 2 rings (SSSR count). The minimum Gasteiger partial charge on any atom is -0.497 e. The fourth-order valence-corrected chi connectivity index (χ4v) is 2.57. The van der Waals surface area contributed by atoms with Crippen LogP contribution < -0.4 is 14.8 Å². The van der Waals surface area contributed by atoms with Gasteiger partial charge in [-0.15, -0.1) is 0 Å². The van der Waals surface area contributed by atoms with E-state index in [1.54, 1.807) is 24.3 Å². The molecule has 27 heavy (non-hydrogen) atoms. The van der Waals surface area contributed by atoms with E-state index in [2.05, 4.69) is 15.5 Å². The average molecular weight is 375 g/mol. The third kappa shape index (κ3) is 4.99. The Kier molecular flexibility index (Phi) is 6.09. The first-order chi connectivity index (χ1) is 12.7. The molecule has 0 radical (unpaired) electrons. The number of aliphatic carboxylic acids is 1. The van der Waals surface area contributed by atoms with Crippen molar-refractivity contribution in [2.75, 3.05) is 14.2 Å². The van der Waals surface area contributed by atoms with E-state index in [9.17, 15) is 14.7 Å². The maximum absolute atomic E-state index is 12.6. The van der Waals surface area contributed by atoms with Crippen LogP contribution >= 0.6 is 0 Å². The van der Waals surface area contributed by atoms with Crippen molar-refractivity contribution >= 4 is 11.9 Å². The summed E-state index contributed by atoms with van der Waals surface area (Å²) in [5.74, 6) is -0.516. The fourth-order valence-electron chi connectivity index (χ4n) is 2.57. The molecule has 0 saturated carbocycles. The van der Waals surface area contributed by atoms with Crippen LogP contribution in [0.15, 0.2) is 24.3 Å². The molecule has 146 valence electrons. The van der Waals surface area contributed by atoms with E-state index in [-0.39, 0.29) is 17.5 Å². The molecular weight excluding hydrogens is 350 g/mol. The molecule has 2 aromatic rings. The van der Waals surface area contributed by atoms with Gasteiger partial charge in [0.05, 0.1) is 26.7 Å². The zero-order valence-corrected chi connectivity index (χ0v) is 16.1. The number of rotatable bonds is 7. The van der Waals surface area contributed by atoms with Gasteiger partial charge in [-0.25, -0.2) is 0 Å². The number of hydrogen-bond acceptors (Lipinski definition) is 5. The monoisotopic (exact) mass is 375 g/mol. The molecule has 1 amide bonds. The van der Waals surface area contributed by atoms with Gasteiger partial charge < -0.3 is 19.9 Å². The minimum atomic E-state index is -1.05. The molecule has 3 N–H and O–H groups in total. The number of hydrogen-bond donors (Lipinski definition) is 3. The van der Waals surface area contributed by atoms with Gasteiger partial charge in [-0.3, -0.25) is 14.7 Å².